The van der Waals surface area contributed by atoms with Gasteiger partial charge < -0.3 is 9.84 Å². The molecule has 98 valence electrons. The molecule has 0 amide bonds. The third kappa shape index (κ3) is 3.54. The highest BCUT2D eigenvalue weighted by molar-refractivity contribution is 7.89. The standard InChI is InChI=1S/C10H11NO6S/c1-17-10(14)7-2-4-8(5-3-7)18(15,16)11-6-9(12)13/h2-5,11H,6H2,1H3,(H,12,13). The predicted octanol–water partition coefficient (Wildman–Crippen LogP) is -0.164. The highest BCUT2D eigenvalue weighted by atomic mass is 32.2. The molecule has 0 unspecified atom stereocenters. The fourth-order valence-corrected chi connectivity index (χ4v) is 2.10. The molecule has 1 aromatic carbocycles. The van der Waals surface area contributed by atoms with Crippen molar-refractivity contribution in [3.63, 3.8) is 0 Å². The maximum Gasteiger partial charge on any atom is 0.337 e. The van der Waals surface area contributed by atoms with Crippen LogP contribution in [0.1, 0.15) is 10.4 Å². The molecule has 0 saturated carbocycles. The number of carboxylic acid groups (broad SMARTS) is 1. The molecule has 0 bridgehead atoms. The predicted molar refractivity (Wildman–Crippen MR) is 60.6 cm³/mol. The quantitative estimate of drug-likeness (QED) is 0.721. The molecule has 0 fully saturated rings. The molecule has 0 heterocycles. The number of benzene rings is 1. The zero-order valence-corrected chi connectivity index (χ0v) is 10.2. The summed E-state index contributed by atoms with van der Waals surface area (Å²) < 4.78 is 29.5. The van der Waals surface area contributed by atoms with Crippen molar-refractivity contribution in [1.82, 2.24) is 4.72 Å². The lowest BCUT2D eigenvalue weighted by atomic mass is 10.2. The number of rotatable bonds is 5. The number of carboxylic acids is 1. The van der Waals surface area contributed by atoms with E-state index in [4.69, 9.17) is 5.11 Å². The van der Waals surface area contributed by atoms with Gasteiger partial charge in [-0.25, -0.2) is 13.2 Å². The van der Waals surface area contributed by atoms with Crippen molar-refractivity contribution in [2.24, 2.45) is 0 Å². The minimum atomic E-state index is -3.89. The van der Waals surface area contributed by atoms with Crippen molar-refractivity contribution in [1.29, 1.82) is 0 Å². The van der Waals surface area contributed by atoms with Gasteiger partial charge in [0.1, 0.15) is 6.54 Å². The first kappa shape index (κ1) is 14.1. The number of sulfonamides is 1. The number of methoxy groups -OCH3 is 1. The molecular weight excluding hydrogens is 262 g/mol. The summed E-state index contributed by atoms with van der Waals surface area (Å²) in [6.45, 7) is -0.707. The second-order valence-electron chi connectivity index (χ2n) is 3.23. The van der Waals surface area contributed by atoms with Crippen molar-refractivity contribution in [3.8, 4) is 0 Å². The molecule has 1 aromatic rings. The Balaban J connectivity index is 2.91. The van der Waals surface area contributed by atoms with Gasteiger partial charge in [0.15, 0.2) is 0 Å². The average molecular weight is 273 g/mol. The number of hydrogen-bond donors (Lipinski definition) is 2. The van der Waals surface area contributed by atoms with E-state index in [2.05, 4.69) is 4.74 Å². The Morgan fingerprint density at radius 2 is 1.83 bits per heavy atom. The van der Waals surface area contributed by atoms with Crippen LogP contribution in [0.25, 0.3) is 0 Å². The summed E-state index contributed by atoms with van der Waals surface area (Å²) in [5.41, 5.74) is 0.203. The SMILES string of the molecule is COC(=O)c1ccc(S(=O)(=O)NCC(=O)O)cc1. The van der Waals surface area contributed by atoms with Gasteiger partial charge >= 0.3 is 11.9 Å². The summed E-state index contributed by atoms with van der Waals surface area (Å²) in [5, 5.41) is 8.38. The molecule has 7 nitrogen and oxygen atoms in total. The summed E-state index contributed by atoms with van der Waals surface area (Å²) >= 11 is 0. The summed E-state index contributed by atoms with van der Waals surface area (Å²) in [7, 11) is -2.68. The van der Waals surface area contributed by atoms with Gasteiger partial charge in [-0.15, -0.1) is 0 Å². The number of nitrogens with one attached hydrogen (secondary N) is 1. The Morgan fingerprint density at radius 1 is 1.28 bits per heavy atom. The third-order valence-corrected chi connectivity index (χ3v) is 3.42. The largest absolute Gasteiger partial charge is 0.480 e. The second kappa shape index (κ2) is 5.61. The molecule has 18 heavy (non-hydrogen) atoms. The second-order valence-corrected chi connectivity index (χ2v) is 5.00. The van der Waals surface area contributed by atoms with Gasteiger partial charge in [0, 0.05) is 0 Å². The highest BCUT2D eigenvalue weighted by Gasteiger charge is 2.15. The Hall–Kier alpha value is -1.93. The van der Waals surface area contributed by atoms with E-state index in [1.165, 1.54) is 31.4 Å². The van der Waals surface area contributed by atoms with Gasteiger partial charge in [0.05, 0.1) is 17.6 Å². The van der Waals surface area contributed by atoms with Crippen LogP contribution in [-0.4, -0.2) is 39.1 Å². The smallest absolute Gasteiger partial charge is 0.337 e. The third-order valence-electron chi connectivity index (χ3n) is 2.00. The number of aliphatic carboxylic acids is 1. The van der Waals surface area contributed by atoms with Gasteiger partial charge in [0.25, 0.3) is 0 Å². The number of hydrogen-bond acceptors (Lipinski definition) is 5. The Kier molecular flexibility index (Phi) is 4.40. The van der Waals surface area contributed by atoms with Crippen LogP contribution in [-0.2, 0) is 19.6 Å². The van der Waals surface area contributed by atoms with Gasteiger partial charge in [-0.2, -0.15) is 4.72 Å². The van der Waals surface area contributed by atoms with E-state index in [-0.39, 0.29) is 10.5 Å². The van der Waals surface area contributed by atoms with Crippen molar-refractivity contribution in [3.05, 3.63) is 29.8 Å². The molecule has 0 aliphatic rings. The van der Waals surface area contributed by atoms with Crippen molar-refractivity contribution >= 4 is 22.0 Å². The molecular formula is C10H11NO6S. The van der Waals surface area contributed by atoms with E-state index in [1.807, 2.05) is 4.72 Å². The molecule has 8 heteroatoms. The van der Waals surface area contributed by atoms with Crippen LogP contribution in [0.2, 0.25) is 0 Å². The van der Waals surface area contributed by atoms with Crippen molar-refractivity contribution in [2.75, 3.05) is 13.7 Å². The molecule has 0 spiro atoms. The molecule has 0 aliphatic heterocycles. The van der Waals surface area contributed by atoms with Gasteiger partial charge in [-0.1, -0.05) is 0 Å². The normalized spacial score (nSPS) is 10.9. The van der Waals surface area contributed by atoms with Crippen LogP contribution < -0.4 is 4.72 Å². The lowest BCUT2D eigenvalue weighted by Crippen LogP contribution is -2.29. The molecule has 2 N–H and O–H groups in total. The monoisotopic (exact) mass is 273 g/mol. The van der Waals surface area contributed by atoms with E-state index >= 15 is 0 Å². The van der Waals surface area contributed by atoms with Crippen LogP contribution in [0.15, 0.2) is 29.2 Å². The van der Waals surface area contributed by atoms with E-state index in [9.17, 15) is 18.0 Å². The Labute approximate surface area is 103 Å². The average Bonchev–Trinajstić information content (AvgIpc) is 2.36. The molecule has 0 atom stereocenters. The van der Waals surface area contributed by atoms with E-state index < -0.39 is 28.5 Å². The van der Waals surface area contributed by atoms with E-state index in [0.29, 0.717) is 0 Å². The highest BCUT2D eigenvalue weighted by Crippen LogP contribution is 2.10. The molecule has 0 aliphatic carbocycles. The zero-order chi connectivity index (χ0) is 13.8. The maximum absolute atomic E-state index is 11.6. The first-order valence-corrected chi connectivity index (χ1v) is 6.25. The minimum absolute atomic E-state index is 0.128. The molecule has 0 saturated heterocycles. The fourth-order valence-electron chi connectivity index (χ4n) is 1.13. The molecule has 0 aromatic heterocycles. The van der Waals surface area contributed by atoms with Crippen LogP contribution in [0.4, 0.5) is 0 Å². The van der Waals surface area contributed by atoms with Crippen LogP contribution >= 0.6 is 0 Å². The Morgan fingerprint density at radius 3 is 2.28 bits per heavy atom. The molecule has 1 rings (SSSR count). The van der Waals surface area contributed by atoms with Crippen molar-refractivity contribution in [2.45, 2.75) is 4.90 Å². The first-order chi connectivity index (χ1) is 8.36. The van der Waals surface area contributed by atoms with Gasteiger partial charge in [-0.05, 0) is 24.3 Å². The number of ether oxygens (including phenoxy) is 1. The zero-order valence-electron chi connectivity index (χ0n) is 9.41. The number of carbonyl (C=O) groups excluding carboxylic acids is 1. The van der Waals surface area contributed by atoms with E-state index in [0.717, 1.165) is 0 Å². The van der Waals surface area contributed by atoms with Gasteiger partial charge in [0.2, 0.25) is 10.0 Å². The van der Waals surface area contributed by atoms with Crippen LogP contribution in [0.5, 0.6) is 0 Å². The van der Waals surface area contributed by atoms with Crippen molar-refractivity contribution < 1.29 is 27.9 Å². The number of esters is 1. The van der Waals surface area contributed by atoms with E-state index in [1.54, 1.807) is 0 Å². The number of carbonyl (C=O) groups is 2. The summed E-state index contributed by atoms with van der Waals surface area (Å²) in [5.74, 6) is -1.87. The lowest BCUT2D eigenvalue weighted by molar-refractivity contribution is -0.135. The topological polar surface area (TPSA) is 110 Å². The minimum Gasteiger partial charge on any atom is -0.480 e. The van der Waals surface area contributed by atoms with Gasteiger partial charge in [-0.3, -0.25) is 4.79 Å². The first-order valence-electron chi connectivity index (χ1n) is 4.76. The summed E-state index contributed by atoms with van der Waals surface area (Å²) in [4.78, 5) is 21.3. The summed E-state index contributed by atoms with van der Waals surface area (Å²) in [6.07, 6.45) is 0. The summed E-state index contributed by atoms with van der Waals surface area (Å²) in [6, 6.07) is 4.94. The lowest BCUT2D eigenvalue weighted by Gasteiger charge is -2.05. The van der Waals surface area contributed by atoms with Crippen LogP contribution in [0.3, 0.4) is 0 Å². The Bertz CT molecular complexity index is 548. The van der Waals surface area contributed by atoms with Crippen LogP contribution in [0, 0.1) is 0 Å². The maximum atomic E-state index is 11.6. The fraction of sp³-hybridized carbons (Fsp3) is 0.200. The molecule has 0 radical (unpaired) electrons.